The molecule has 8 nitrogen and oxygen atoms in total. The van der Waals surface area contributed by atoms with Gasteiger partial charge in [-0.05, 0) is 30.2 Å². The molecule has 2 aromatic heterocycles. The number of hydrogen-bond acceptors (Lipinski definition) is 7. The van der Waals surface area contributed by atoms with Crippen molar-refractivity contribution >= 4 is 44.5 Å². The Morgan fingerprint density at radius 1 is 1.13 bits per heavy atom. The molecule has 4 rings (SSSR count). The van der Waals surface area contributed by atoms with Crippen molar-refractivity contribution in [3.63, 3.8) is 0 Å². The summed E-state index contributed by atoms with van der Waals surface area (Å²) in [7, 11) is -0.651. The molecular formula is C20H20N4O4S2. The minimum absolute atomic E-state index is 0.0249. The molecule has 0 aliphatic rings. The van der Waals surface area contributed by atoms with Gasteiger partial charge in [-0.3, -0.25) is 4.79 Å². The quantitative estimate of drug-likeness (QED) is 0.319. The number of sulfonamides is 1. The molecule has 0 radical (unpaired) electrons. The van der Waals surface area contributed by atoms with Crippen LogP contribution in [0.2, 0.25) is 0 Å². The number of benzene rings is 2. The Bertz CT molecular complexity index is 1340. The first-order valence-electron chi connectivity index (χ1n) is 9.26. The van der Waals surface area contributed by atoms with Crippen molar-refractivity contribution in [1.29, 1.82) is 0 Å². The maximum atomic E-state index is 12.6. The van der Waals surface area contributed by atoms with Crippen LogP contribution < -0.4 is 0 Å². The largest absolute Gasteiger partial charge is 0.422 e. The molecule has 0 fully saturated rings. The Hall–Kier alpha value is -2.69. The molecule has 156 valence electrons. The standard InChI is InChI=1S/C20H20N4O4S2/c1-4-13-5-7-14(8-6-13)17(25)12-29-20-22-21-19-24(20)16-11-15(9-10-18(16)28-19)30(26,27)23(2)3/h5-11H,4,12H2,1-3H3. The third-order valence-electron chi connectivity index (χ3n) is 4.77. The van der Waals surface area contributed by atoms with E-state index in [2.05, 4.69) is 17.1 Å². The molecule has 2 heterocycles. The molecule has 0 unspecified atom stereocenters. The van der Waals surface area contributed by atoms with Gasteiger partial charge in [0.15, 0.2) is 16.5 Å². The zero-order valence-corrected chi connectivity index (χ0v) is 18.3. The summed E-state index contributed by atoms with van der Waals surface area (Å²) in [5.74, 6) is 0.393. The third kappa shape index (κ3) is 3.62. The van der Waals surface area contributed by atoms with Gasteiger partial charge in [-0.25, -0.2) is 17.1 Å². The van der Waals surface area contributed by atoms with Crippen LogP contribution in [0.5, 0.6) is 0 Å². The van der Waals surface area contributed by atoms with Gasteiger partial charge in [0.05, 0.1) is 16.2 Å². The minimum Gasteiger partial charge on any atom is -0.422 e. The Morgan fingerprint density at radius 2 is 1.87 bits per heavy atom. The molecule has 0 spiro atoms. The fourth-order valence-corrected chi connectivity index (χ4v) is 4.74. The van der Waals surface area contributed by atoms with Crippen LogP contribution in [0.25, 0.3) is 16.9 Å². The summed E-state index contributed by atoms with van der Waals surface area (Å²) in [6.45, 7) is 2.06. The molecule has 0 amide bonds. The van der Waals surface area contributed by atoms with Crippen LogP contribution in [0.15, 0.2) is 56.9 Å². The molecule has 0 bridgehead atoms. The highest BCUT2D eigenvalue weighted by Crippen LogP contribution is 2.28. The first-order chi connectivity index (χ1) is 14.3. The molecule has 0 saturated heterocycles. The number of aryl methyl sites for hydroxylation is 1. The SMILES string of the molecule is CCc1ccc(C(=O)CSc2nnc3oc4ccc(S(=O)(=O)N(C)C)cc4n23)cc1. The highest BCUT2D eigenvalue weighted by molar-refractivity contribution is 7.99. The van der Waals surface area contributed by atoms with E-state index in [0.29, 0.717) is 21.8 Å². The Kier molecular flexibility index (Phi) is 5.39. The van der Waals surface area contributed by atoms with Gasteiger partial charge in [-0.2, -0.15) is 0 Å². The van der Waals surface area contributed by atoms with Crippen LogP contribution in [-0.4, -0.2) is 53.0 Å². The van der Waals surface area contributed by atoms with Gasteiger partial charge in [0.25, 0.3) is 0 Å². The molecule has 30 heavy (non-hydrogen) atoms. The smallest absolute Gasteiger partial charge is 0.328 e. The number of rotatable bonds is 7. The van der Waals surface area contributed by atoms with E-state index in [-0.39, 0.29) is 22.3 Å². The molecule has 0 N–H and O–H groups in total. The van der Waals surface area contributed by atoms with Gasteiger partial charge in [-0.15, -0.1) is 5.10 Å². The Morgan fingerprint density at radius 3 is 2.53 bits per heavy atom. The summed E-state index contributed by atoms with van der Waals surface area (Å²) in [6, 6.07) is 12.2. The van der Waals surface area contributed by atoms with E-state index in [1.165, 1.54) is 43.6 Å². The number of oxazole rings is 1. The van der Waals surface area contributed by atoms with Gasteiger partial charge in [0.1, 0.15) is 0 Å². The summed E-state index contributed by atoms with van der Waals surface area (Å²) >= 11 is 1.23. The van der Waals surface area contributed by atoms with Crippen LogP contribution in [-0.2, 0) is 16.4 Å². The Labute approximate surface area is 177 Å². The summed E-state index contributed by atoms with van der Waals surface area (Å²) in [4.78, 5) is 12.7. The van der Waals surface area contributed by atoms with Crippen molar-refractivity contribution in [3.05, 3.63) is 53.6 Å². The Balaban J connectivity index is 1.65. The number of carbonyl (C=O) groups excluding carboxylic acids is 1. The van der Waals surface area contributed by atoms with E-state index < -0.39 is 10.0 Å². The second kappa shape index (κ2) is 7.86. The molecule has 0 atom stereocenters. The lowest BCUT2D eigenvalue weighted by atomic mass is 10.1. The molecule has 0 aliphatic heterocycles. The monoisotopic (exact) mass is 444 g/mol. The van der Waals surface area contributed by atoms with Gasteiger partial charge in [-0.1, -0.05) is 48.0 Å². The van der Waals surface area contributed by atoms with E-state index in [1.807, 2.05) is 24.3 Å². The van der Waals surface area contributed by atoms with Crippen molar-refractivity contribution in [3.8, 4) is 0 Å². The fourth-order valence-electron chi connectivity index (χ4n) is 2.99. The normalized spacial score (nSPS) is 12.3. The highest BCUT2D eigenvalue weighted by Gasteiger charge is 2.21. The van der Waals surface area contributed by atoms with E-state index in [9.17, 15) is 13.2 Å². The summed E-state index contributed by atoms with van der Waals surface area (Å²) in [6.07, 6.45) is 0.917. The summed E-state index contributed by atoms with van der Waals surface area (Å²) in [5, 5.41) is 8.57. The van der Waals surface area contributed by atoms with Crippen molar-refractivity contribution < 1.29 is 17.6 Å². The number of aromatic nitrogens is 3. The number of ketones is 1. The van der Waals surface area contributed by atoms with Crippen LogP contribution in [0.1, 0.15) is 22.8 Å². The van der Waals surface area contributed by atoms with Crippen LogP contribution in [0, 0.1) is 0 Å². The van der Waals surface area contributed by atoms with Crippen molar-refractivity contribution in [2.75, 3.05) is 19.8 Å². The first-order valence-corrected chi connectivity index (χ1v) is 11.7. The summed E-state index contributed by atoms with van der Waals surface area (Å²) < 4.78 is 33.4. The highest BCUT2D eigenvalue weighted by atomic mass is 32.2. The molecule has 0 aliphatic carbocycles. The molecular weight excluding hydrogens is 424 g/mol. The average Bonchev–Trinajstić information content (AvgIpc) is 3.30. The third-order valence-corrected chi connectivity index (χ3v) is 7.51. The number of Topliss-reactive ketones (excluding diaryl/α,β-unsaturated/α-hetero) is 1. The lowest BCUT2D eigenvalue weighted by Gasteiger charge is -2.10. The topological polar surface area (TPSA) is 97.8 Å². The van der Waals surface area contributed by atoms with Gasteiger partial charge >= 0.3 is 5.84 Å². The molecule has 10 heteroatoms. The predicted octanol–water partition coefficient (Wildman–Crippen LogP) is 3.26. The number of thioether (sulfide) groups is 1. The van der Waals surface area contributed by atoms with Gasteiger partial charge in [0, 0.05) is 19.7 Å². The fraction of sp³-hybridized carbons (Fsp3) is 0.250. The van der Waals surface area contributed by atoms with E-state index in [1.54, 1.807) is 10.5 Å². The van der Waals surface area contributed by atoms with Crippen molar-refractivity contribution in [1.82, 2.24) is 18.9 Å². The van der Waals surface area contributed by atoms with Crippen molar-refractivity contribution in [2.45, 2.75) is 23.4 Å². The van der Waals surface area contributed by atoms with Crippen LogP contribution in [0.3, 0.4) is 0 Å². The summed E-state index contributed by atoms with van der Waals surface area (Å²) in [5.41, 5.74) is 2.82. The van der Waals surface area contributed by atoms with Crippen LogP contribution in [0.4, 0.5) is 0 Å². The lowest BCUT2D eigenvalue weighted by molar-refractivity contribution is 0.102. The van der Waals surface area contributed by atoms with Gasteiger partial charge in [0.2, 0.25) is 10.0 Å². The maximum Gasteiger partial charge on any atom is 0.328 e. The number of nitrogens with zero attached hydrogens (tertiary/aromatic N) is 4. The van der Waals surface area contributed by atoms with Crippen LogP contribution >= 0.6 is 11.8 Å². The molecule has 0 saturated carbocycles. The second-order valence-electron chi connectivity index (χ2n) is 6.88. The zero-order chi connectivity index (χ0) is 21.5. The second-order valence-corrected chi connectivity index (χ2v) is 9.98. The average molecular weight is 445 g/mol. The lowest BCUT2D eigenvalue weighted by Crippen LogP contribution is -2.22. The molecule has 2 aromatic carbocycles. The first kappa shape index (κ1) is 20.6. The zero-order valence-electron chi connectivity index (χ0n) is 16.7. The maximum absolute atomic E-state index is 12.6. The number of carbonyl (C=O) groups is 1. The number of fused-ring (bicyclic) bond motifs is 3. The number of hydrogen-bond donors (Lipinski definition) is 0. The van der Waals surface area contributed by atoms with E-state index >= 15 is 0 Å². The predicted molar refractivity (Wildman–Crippen MR) is 115 cm³/mol. The van der Waals surface area contributed by atoms with Gasteiger partial charge < -0.3 is 4.42 Å². The van der Waals surface area contributed by atoms with E-state index in [4.69, 9.17) is 4.42 Å². The molecule has 4 aromatic rings. The van der Waals surface area contributed by atoms with E-state index in [0.717, 1.165) is 10.7 Å². The van der Waals surface area contributed by atoms with Crippen molar-refractivity contribution in [2.24, 2.45) is 0 Å². The minimum atomic E-state index is -3.60.